The van der Waals surface area contributed by atoms with Crippen LogP contribution in [0.15, 0.2) is 22.7 Å². The number of aliphatic hydroxyl groups is 1. The lowest BCUT2D eigenvalue weighted by Gasteiger charge is -2.17. The van der Waals surface area contributed by atoms with Crippen molar-refractivity contribution in [2.75, 3.05) is 7.11 Å². The molecule has 1 aromatic carbocycles. The number of halogens is 2. The molecule has 0 saturated heterocycles. The smallest absolute Gasteiger partial charge is 0.0839 e. The Morgan fingerprint density at radius 2 is 2.20 bits per heavy atom. The van der Waals surface area contributed by atoms with Gasteiger partial charge in [-0.15, -0.1) is 0 Å². The number of ether oxygens (including phenoxy) is 1. The fourth-order valence-electron chi connectivity index (χ4n) is 1.24. The Kier molecular flexibility index (Phi) is 5.06. The van der Waals surface area contributed by atoms with E-state index in [0.29, 0.717) is 11.4 Å². The Morgan fingerprint density at radius 1 is 1.53 bits per heavy atom. The van der Waals surface area contributed by atoms with E-state index < -0.39 is 6.10 Å². The lowest BCUT2D eigenvalue weighted by Crippen LogP contribution is -2.26. The maximum absolute atomic E-state index is 9.77. The monoisotopic (exact) mass is 292 g/mol. The van der Waals surface area contributed by atoms with Crippen molar-refractivity contribution in [2.24, 2.45) is 0 Å². The first-order valence-corrected chi connectivity index (χ1v) is 5.86. The van der Waals surface area contributed by atoms with Crippen LogP contribution in [0.3, 0.4) is 0 Å². The summed E-state index contributed by atoms with van der Waals surface area (Å²) in [5.74, 6) is 0. The van der Waals surface area contributed by atoms with Crippen molar-refractivity contribution < 1.29 is 9.84 Å². The van der Waals surface area contributed by atoms with Gasteiger partial charge in [0.1, 0.15) is 0 Å². The van der Waals surface area contributed by atoms with Gasteiger partial charge >= 0.3 is 0 Å². The second kappa shape index (κ2) is 5.85. The Morgan fingerprint density at radius 3 is 2.73 bits per heavy atom. The highest BCUT2D eigenvalue weighted by molar-refractivity contribution is 9.10. The summed E-state index contributed by atoms with van der Waals surface area (Å²) >= 11 is 9.37. The zero-order chi connectivity index (χ0) is 11.4. The molecule has 0 aliphatic carbocycles. The van der Waals surface area contributed by atoms with E-state index in [2.05, 4.69) is 15.9 Å². The molecule has 1 N–H and O–H groups in total. The Labute approximate surface area is 103 Å². The van der Waals surface area contributed by atoms with E-state index in [9.17, 15) is 5.11 Å². The van der Waals surface area contributed by atoms with Gasteiger partial charge in [-0.25, -0.2) is 0 Å². The van der Waals surface area contributed by atoms with Crippen molar-refractivity contribution in [1.29, 1.82) is 0 Å². The first-order valence-electron chi connectivity index (χ1n) is 4.69. The second-order valence-electron chi connectivity index (χ2n) is 3.45. The summed E-state index contributed by atoms with van der Waals surface area (Å²) in [4.78, 5) is 0. The minimum atomic E-state index is -0.534. The predicted octanol–water partition coefficient (Wildman–Crippen LogP) is 3.04. The van der Waals surface area contributed by atoms with Crippen LogP contribution in [0.25, 0.3) is 0 Å². The van der Waals surface area contributed by atoms with E-state index in [-0.39, 0.29) is 6.10 Å². The molecule has 1 aromatic rings. The fraction of sp³-hybridized carbons (Fsp3) is 0.455. The first-order chi connectivity index (χ1) is 7.04. The van der Waals surface area contributed by atoms with E-state index >= 15 is 0 Å². The topological polar surface area (TPSA) is 29.5 Å². The molecule has 2 unspecified atom stereocenters. The molecule has 0 aliphatic rings. The van der Waals surface area contributed by atoms with Crippen molar-refractivity contribution in [3.05, 3.63) is 33.3 Å². The summed E-state index contributed by atoms with van der Waals surface area (Å²) in [6, 6.07) is 5.63. The first kappa shape index (κ1) is 13.0. The molecule has 0 bridgehead atoms. The predicted molar refractivity (Wildman–Crippen MR) is 65.3 cm³/mol. The summed E-state index contributed by atoms with van der Waals surface area (Å²) < 4.78 is 5.98. The van der Waals surface area contributed by atoms with Crippen LogP contribution in [-0.4, -0.2) is 24.4 Å². The SMILES string of the molecule is COC(C)C(O)Cc1ccc(Br)cc1Cl. The normalized spacial score (nSPS) is 15.0. The average molecular weight is 294 g/mol. The third kappa shape index (κ3) is 3.76. The number of rotatable bonds is 4. The molecule has 0 amide bonds. The molecule has 2 nitrogen and oxygen atoms in total. The van der Waals surface area contributed by atoms with Crippen LogP contribution in [0.5, 0.6) is 0 Å². The van der Waals surface area contributed by atoms with Gasteiger partial charge in [-0.05, 0) is 24.6 Å². The molecule has 0 radical (unpaired) electrons. The van der Waals surface area contributed by atoms with Crippen LogP contribution in [0.4, 0.5) is 0 Å². The van der Waals surface area contributed by atoms with Crippen LogP contribution in [0, 0.1) is 0 Å². The molecule has 15 heavy (non-hydrogen) atoms. The highest BCUT2D eigenvalue weighted by atomic mass is 79.9. The average Bonchev–Trinajstić information content (AvgIpc) is 2.20. The quantitative estimate of drug-likeness (QED) is 0.924. The molecule has 4 heteroatoms. The Hall–Kier alpha value is -0.0900. The van der Waals surface area contributed by atoms with Crippen molar-refractivity contribution in [3.8, 4) is 0 Å². The maximum atomic E-state index is 9.77. The van der Waals surface area contributed by atoms with Gasteiger partial charge in [-0.3, -0.25) is 0 Å². The number of hydrogen-bond donors (Lipinski definition) is 1. The van der Waals surface area contributed by atoms with Crippen LogP contribution >= 0.6 is 27.5 Å². The van der Waals surface area contributed by atoms with E-state index in [1.807, 2.05) is 25.1 Å². The van der Waals surface area contributed by atoms with Crippen molar-refractivity contribution in [3.63, 3.8) is 0 Å². The Bertz CT molecular complexity index is 330. The van der Waals surface area contributed by atoms with Gasteiger partial charge in [0.15, 0.2) is 0 Å². The number of benzene rings is 1. The molecule has 2 atom stereocenters. The van der Waals surface area contributed by atoms with E-state index in [0.717, 1.165) is 10.0 Å². The summed E-state index contributed by atoms with van der Waals surface area (Å²) in [7, 11) is 1.58. The van der Waals surface area contributed by atoms with Crippen molar-refractivity contribution in [1.82, 2.24) is 0 Å². The summed E-state index contributed by atoms with van der Waals surface area (Å²) in [5, 5.41) is 10.4. The largest absolute Gasteiger partial charge is 0.390 e. The molecule has 0 aliphatic heterocycles. The maximum Gasteiger partial charge on any atom is 0.0839 e. The third-order valence-electron chi connectivity index (χ3n) is 2.36. The molecule has 84 valence electrons. The van der Waals surface area contributed by atoms with Crippen molar-refractivity contribution in [2.45, 2.75) is 25.6 Å². The molecular weight excluding hydrogens is 279 g/mol. The summed E-state index contributed by atoms with van der Waals surface area (Å²) in [6.45, 7) is 1.83. The highest BCUT2D eigenvalue weighted by Crippen LogP contribution is 2.23. The molecular formula is C11H14BrClO2. The number of aliphatic hydroxyl groups excluding tert-OH is 1. The van der Waals surface area contributed by atoms with Crippen molar-refractivity contribution >= 4 is 27.5 Å². The van der Waals surface area contributed by atoms with Gasteiger partial charge in [0.05, 0.1) is 12.2 Å². The zero-order valence-electron chi connectivity index (χ0n) is 8.71. The van der Waals surface area contributed by atoms with Gasteiger partial charge in [-0.1, -0.05) is 33.6 Å². The van der Waals surface area contributed by atoms with Gasteiger partial charge in [0, 0.05) is 23.0 Å². The van der Waals surface area contributed by atoms with Gasteiger partial charge in [0.25, 0.3) is 0 Å². The molecule has 0 fully saturated rings. The van der Waals surface area contributed by atoms with Crippen LogP contribution in [0.1, 0.15) is 12.5 Å². The van der Waals surface area contributed by atoms with Gasteiger partial charge < -0.3 is 9.84 Å². The van der Waals surface area contributed by atoms with E-state index in [1.165, 1.54) is 0 Å². The minimum absolute atomic E-state index is 0.190. The van der Waals surface area contributed by atoms with E-state index in [1.54, 1.807) is 7.11 Å². The molecule has 0 spiro atoms. The van der Waals surface area contributed by atoms with Gasteiger partial charge in [-0.2, -0.15) is 0 Å². The molecule has 0 aromatic heterocycles. The molecule has 0 heterocycles. The van der Waals surface area contributed by atoms with E-state index in [4.69, 9.17) is 16.3 Å². The Balaban J connectivity index is 2.72. The zero-order valence-corrected chi connectivity index (χ0v) is 11.0. The number of hydrogen-bond acceptors (Lipinski definition) is 2. The lowest BCUT2D eigenvalue weighted by atomic mass is 10.0. The lowest BCUT2D eigenvalue weighted by molar-refractivity contribution is 0.000416. The van der Waals surface area contributed by atoms with Gasteiger partial charge in [0.2, 0.25) is 0 Å². The highest BCUT2D eigenvalue weighted by Gasteiger charge is 2.15. The minimum Gasteiger partial charge on any atom is -0.390 e. The number of methoxy groups -OCH3 is 1. The summed E-state index contributed by atoms with van der Waals surface area (Å²) in [6.07, 6.45) is -0.223. The molecule has 1 rings (SSSR count). The van der Waals surface area contributed by atoms with Crippen LogP contribution in [0.2, 0.25) is 5.02 Å². The third-order valence-corrected chi connectivity index (χ3v) is 3.20. The second-order valence-corrected chi connectivity index (χ2v) is 4.77. The fourth-order valence-corrected chi connectivity index (χ4v) is 1.99. The molecule has 0 saturated carbocycles. The van der Waals surface area contributed by atoms with Crippen LogP contribution in [-0.2, 0) is 11.2 Å². The summed E-state index contributed by atoms with van der Waals surface area (Å²) in [5.41, 5.74) is 0.927. The standard InChI is InChI=1S/C11H14BrClO2/c1-7(15-2)11(14)5-8-3-4-9(12)6-10(8)13/h3-4,6-7,11,14H,5H2,1-2H3. The van der Waals surface area contributed by atoms with Crippen LogP contribution < -0.4 is 0 Å².